The topological polar surface area (TPSA) is 90.3 Å². The van der Waals surface area contributed by atoms with Crippen LogP contribution in [0.5, 0.6) is 0 Å². The van der Waals surface area contributed by atoms with Gasteiger partial charge in [-0.3, -0.25) is 19.0 Å². The van der Waals surface area contributed by atoms with Crippen molar-refractivity contribution in [2.75, 3.05) is 6.61 Å². The van der Waals surface area contributed by atoms with Gasteiger partial charge < -0.3 is 10.1 Å². The van der Waals surface area contributed by atoms with Crippen molar-refractivity contribution in [3.05, 3.63) is 40.4 Å². The van der Waals surface area contributed by atoms with Gasteiger partial charge in [0.1, 0.15) is 6.54 Å². The molecule has 3 rings (SSSR count). The van der Waals surface area contributed by atoms with E-state index in [-0.39, 0.29) is 30.7 Å². The molecule has 1 amide bonds. The summed E-state index contributed by atoms with van der Waals surface area (Å²) in [6, 6.07) is 5.49. The summed E-state index contributed by atoms with van der Waals surface area (Å²) >= 11 is 0. The maximum absolute atomic E-state index is 12.5. The van der Waals surface area contributed by atoms with Crippen molar-refractivity contribution in [3.63, 3.8) is 0 Å². The highest BCUT2D eigenvalue weighted by Gasteiger charge is 2.20. The van der Waals surface area contributed by atoms with Gasteiger partial charge in [0.05, 0.1) is 17.2 Å². The van der Waals surface area contributed by atoms with Gasteiger partial charge in [-0.25, -0.2) is 4.98 Å². The fraction of sp³-hybridized carbons (Fsp3) is 0.500. The first kappa shape index (κ1) is 19.1. The zero-order valence-corrected chi connectivity index (χ0v) is 15.7. The van der Waals surface area contributed by atoms with E-state index in [2.05, 4.69) is 17.2 Å². The van der Waals surface area contributed by atoms with Gasteiger partial charge in [0.25, 0.3) is 11.5 Å². The number of carbonyl (C=O) groups excluding carboxylic acids is 2. The van der Waals surface area contributed by atoms with E-state index in [1.165, 1.54) is 10.9 Å². The monoisotopic (exact) mass is 371 g/mol. The third kappa shape index (κ3) is 4.72. The highest BCUT2D eigenvalue weighted by molar-refractivity contribution is 5.82. The van der Waals surface area contributed by atoms with Gasteiger partial charge >= 0.3 is 5.97 Å². The molecule has 1 heterocycles. The molecule has 0 aliphatic heterocycles. The fourth-order valence-electron chi connectivity index (χ4n) is 3.45. The van der Waals surface area contributed by atoms with Crippen molar-refractivity contribution in [3.8, 4) is 0 Å². The van der Waals surface area contributed by atoms with Crippen LogP contribution in [0.2, 0.25) is 0 Å². The lowest BCUT2D eigenvalue weighted by Crippen LogP contribution is -2.40. The average molecular weight is 371 g/mol. The lowest BCUT2D eigenvalue weighted by atomic mass is 9.87. The van der Waals surface area contributed by atoms with Crippen LogP contribution < -0.4 is 10.9 Å². The molecule has 0 bridgehead atoms. The molecule has 1 aliphatic rings. The van der Waals surface area contributed by atoms with Gasteiger partial charge in [-0.05, 0) is 50.2 Å². The summed E-state index contributed by atoms with van der Waals surface area (Å²) in [5, 5.41) is 3.36. The van der Waals surface area contributed by atoms with Crippen molar-refractivity contribution >= 4 is 22.8 Å². The Balaban J connectivity index is 1.53. The molecule has 1 aliphatic carbocycles. The summed E-state index contributed by atoms with van der Waals surface area (Å²) < 4.78 is 6.22. The number of para-hydroxylation sites is 1. The Kier molecular flexibility index (Phi) is 5.88. The van der Waals surface area contributed by atoms with Crippen LogP contribution in [0.1, 0.15) is 38.2 Å². The number of aryl methyl sites for hydroxylation is 1. The molecule has 1 aromatic carbocycles. The van der Waals surface area contributed by atoms with E-state index in [0.29, 0.717) is 16.8 Å². The number of carbonyl (C=O) groups is 2. The van der Waals surface area contributed by atoms with Gasteiger partial charge in [-0.1, -0.05) is 19.1 Å². The lowest BCUT2D eigenvalue weighted by Gasteiger charge is -2.26. The van der Waals surface area contributed by atoms with Gasteiger partial charge in [-0.15, -0.1) is 0 Å². The lowest BCUT2D eigenvalue weighted by molar-refractivity contribution is -0.149. The maximum Gasteiger partial charge on any atom is 0.326 e. The van der Waals surface area contributed by atoms with E-state index in [9.17, 15) is 14.4 Å². The van der Waals surface area contributed by atoms with Gasteiger partial charge in [0.15, 0.2) is 6.61 Å². The number of rotatable bonds is 5. The number of ether oxygens (including phenoxy) is 1. The second-order valence-electron chi connectivity index (χ2n) is 7.33. The number of amides is 1. The van der Waals surface area contributed by atoms with Crippen molar-refractivity contribution in [2.45, 2.75) is 52.1 Å². The molecular formula is C20H25N3O4. The molecule has 0 atom stereocenters. The normalized spacial score (nSPS) is 19.6. The van der Waals surface area contributed by atoms with E-state index in [4.69, 9.17) is 4.74 Å². The highest BCUT2D eigenvalue weighted by Crippen LogP contribution is 2.23. The second-order valence-corrected chi connectivity index (χ2v) is 7.33. The molecule has 144 valence electrons. The molecule has 0 radical (unpaired) electrons. The summed E-state index contributed by atoms with van der Waals surface area (Å²) in [5.41, 5.74) is 1.21. The zero-order chi connectivity index (χ0) is 19.4. The van der Waals surface area contributed by atoms with Crippen LogP contribution in [0, 0.1) is 12.8 Å². The summed E-state index contributed by atoms with van der Waals surface area (Å²) in [5.74, 6) is -0.241. The van der Waals surface area contributed by atoms with Gasteiger partial charge in [-0.2, -0.15) is 0 Å². The SMILES string of the molecule is Cc1cccc2c(=O)n(CC(=O)OCC(=O)NC3CCC(C)CC3)cnc12. The average Bonchev–Trinajstić information content (AvgIpc) is 2.65. The molecule has 0 saturated heterocycles. The van der Waals surface area contributed by atoms with Gasteiger partial charge in [0.2, 0.25) is 0 Å². The Hall–Kier alpha value is -2.70. The number of nitrogens with zero attached hydrogens (tertiary/aromatic N) is 2. The summed E-state index contributed by atoms with van der Waals surface area (Å²) in [6.07, 6.45) is 5.45. The minimum atomic E-state index is -0.640. The Morgan fingerprint density at radius 1 is 1.26 bits per heavy atom. The van der Waals surface area contributed by atoms with Crippen LogP contribution in [0.3, 0.4) is 0 Å². The van der Waals surface area contributed by atoms with Crippen molar-refractivity contribution < 1.29 is 14.3 Å². The fourth-order valence-corrected chi connectivity index (χ4v) is 3.45. The van der Waals surface area contributed by atoms with Crippen LogP contribution in [-0.2, 0) is 20.9 Å². The van der Waals surface area contributed by atoms with Crippen LogP contribution in [0.25, 0.3) is 10.9 Å². The quantitative estimate of drug-likeness (QED) is 0.811. The van der Waals surface area contributed by atoms with E-state index in [0.717, 1.165) is 31.2 Å². The summed E-state index contributed by atoms with van der Waals surface area (Å²) in [6.45, 7) is 3.48. The Morgan fingerprint density at radius 2 is 2.00 bits per heavy atom. The molecule has 1 aromatic heterocycles. The second kappa shape index (κ2) is 8.33. The van der Waals surface area contributed by atoms with Gasteiger partial charge in [0, 0.05) is 6.04 Å². The number of fused-ring (bicyclic) bond motifs is 1. The van der Waals surface area contributed by atoms with Crippen LogP contribution in [0.4, 0.5) is 0 Å². The van der Waals surface area contributed by atoms with Crippen molar-refractivity contribution in [1.82, 2.24) is 14.9 Å². The molecular weight excluding hydrogens is 346 g/mol. The number of aromatic nitrogens is 2. The standard InChI is InChI=1S/C20H25N3O4/c1-13-6-8-15(9-7-13)22-17(24)11-27-18(25)10-23-12-21-19-14(2)4-3-5-16(19)20(23)26/h3-5,12-13,15H,6-11H2,1-2H3,(H,22,24). The van der Waals surface area contributed by atoms with Crippen LogP contribution in [0.15, 0.2) is 29.3 Å². The number of hydrogen-bond donors (Lipinski definition) is 1. The molecule has 7 nitrogen and oxygen atoms in total. The van der Waals surface area contributed by atoms with E-state index in [1.807, 2.05) is 13.0 Å². The van der Waals surface area contributed by atoms with Crippen LogP contribution in [-0.4, -0.2) is 34.1 Å². The molecule has 0 unspecified atom stereocenters. The molecule has 27 heavy (non-hydrogen) atoms. The highest BCUT2D eigenvalue weighted by atomic mass is 16.5. The minimum absolute atomic E-state index is 0.156. The number of nitrogens with one attached hydrogen (secondary N) is 1. The van der Waals surface area contributed by atoms with E-state index < -0.39 is 5.97 Å². The molecule has 1 N–H and O–H groups in total. The number of benzene rings is 1. The molecule has 2 aromatic rings. The van der Waals surface area contributed by atoms with Crippen molar-refractivity contribution in [1.29, 1.82) is 0 Å². The maximum atomic E-state index is 12.5. The minimum Gasteiger partial charge on any atom is -0.454 e. The third-order valence-corrected chi connectivity index (χ3v) is 5.10. The molecule has 7 heteroatoms. The Bertz CT molecular complexity index is 898. The third-order valence-electron chi connectivity index (χ3n) is 5.10. The summed E-state index contributed by atoms with van der Waals surface area (Å²) in [4.78, 5) is 40.7. The first-order valence-electron chi connectivity index (χ1n) is 9.34. The predicted molar refractivity (Wildman–Crippen MR) is 101 cm³/mol. The van der Waals surface area contributed by atoms with Crippen molar-refractivity contribution in [2.24, 2.45) is 5.92 Å². The number of hydrogen-bond acceptors (Lipinski definition) is 5. The largest absolute Gasteiger partial charge is 0.454 e. The zero-order valence-electron chi connectivity index (χ0n) is 15.7. The first-order valence-corrected chi connectivity index (χ1v) is 9.34. The molecule has 1 fully saturated rings. The molecule has 1 saturated carbocycles. The van der Waals surface area contributed by atoms with Crippen LogP contribution >= 0.6 is 0 Å². The predicted octanol–water partition coefficient (Wildman–Crippen LogP) is 1.94. The number of esters is 1. The first-order chi connectivity index (χ1) is 12.9. The molecule has 0 spiro atoms. The van der Waals surface area contributed by atoms with E-state index in [1.54, 1.807) is 12.1 Å². The van der Waals surface area contributed by atoms with E-state index >= 15 is 0 Å². The smallest absolute Gasteiger partial charge is 0.326 e. The summed E-state index contributed by atoms with van der Waals surface area (Å²) in [7, 11) is 0. The Morgan fingerprint density at radius 3 is 2.74 bits per heavy atom. The Labute approximate surface area is 157 Å².